The molecule has 0 saturated carbocycles. The van der Waals surface area contributed by atoms with Gasteiger partial charge in [-0.3, -0.25) is 0 Å². The quantitative estimate of drug-likeness (QED) is 0.680. The van der Waals surface area contributed by atoms with Crippen LogP contribution in [0.3, 0.4) is 0 Å². The highest BCUT2D eigenvalue weighted by Gasteiger charge is 2.41. The van der Waals surface area contributed by atoms with Gasteiger partial charge in [-0.05, 0) is 33.6 Å². The third-order valence-electron chi connectivity index (χ3n) is 3.34. The van der Waals surface area contributed by atoms with Gasteiger partial charge in [0.2, 0.25) is 0 Å². The Morgan fingerprint density at radius 1 is 1.33 bits per heavy atom. The molecule has 0 radical (unpaired) electrons. The van der Waals surface area contributed by atoms with E-state index >= 15 is 0 Å². The Kier molecular flexibility index (Phi) is 3.12. The summed E-state index contributed by atoms with van der Waals surface area (Å²) in [5.41, 5.74) is -0.634. The number of piperidine rings is 1. The van der Waals surface area contributed by atoms with Crippen molar-refractivity contribution in [2.24, 2.45) is 0 Å². The van der Waals surface area contributed by atoms with E-state index in [1.165, 1.54) is 0 Å². The van der Waals surface area contributed by atoms with Crippen molar-refractivity contribution >= 4 is 12.1 Å². The Morgan fingerprint density at radius 2 is 1.94 bits per heavy atom. The largest absolute Gasteiger partial charge is 0.444 e. The van der Waals surface area contributed by atoms with E-state index in [0.29, 0.717) is 19.6 Å². The van der Waals surface area contributed by atoms with E-state index in [2.05, 4.69) is 10.6 Å². The van der Waals surface area contributed by atoms with E-state index < -0.39 is 5.60 Å². The molecule has 2 fully saturated rings. The van der Waals surface area contributed by atoms with Crippen LogP contribution in [0.15, 0.2) is 0 Å². The van der Waals surface area contributed by atoms with Gasteiger partial charge in [-0.25, -0.2) is 9.59 Å². The predicted octanol–water partition coefficient (Wildman–Crippen LogP) is 1.07. The minimum absolute atomic E-state index is 0.110. The minimum Gasteiger partial charge on any atom is -0.444 e. The molecule has 1 spiro atoms. The van der Waals surface area contributed by atoms with Crippen LogP contribution in [0.5, 0.6) is 0 Å². The van der Waals surface area contributed by atoms with Gasteiger partial charge in [-0.2, -0.15) is 0 Å². The highest BCUT2D eigenvalue weighted by atomic mass is 16.6. The summed E-state index contributed by atoms with van der Waals surface area (Å²) in [5.74, 6) is 0. The standard InChI is InChI=1S/C12H21N3O3/c1-11(2,3)18-10(17)15-6-4-12(5-7-15)8-13-9(16)14-12/h4-8H2,1-3H3,(H2,13,14,16). The van der Waals surface area contributed by atoms with Gasteiger partial charge in [-0.1, -0.05) is 0 Å². The first-order chi connectivity index (χ1) is 8.30. The zero-order valence-corrected chi connectivity index (χ0v) is 11.2. The molecule has 0 aliphatic carbocycles. The highest BCUT2D eigenvalue weighted by Crippen LogP contribution is 2.25. The molecule has 2 aliphatic rings. The molecule has 2 heterocycles. The van der Waals surface area contributed by atoms with E-state index in [1.807, 2.05) is 20.8 Å². The first-order valence-electron chi connectivity index (χ1n) is 6.34. The average Bonchev–Trinajstić information content (AvgIpc) is 2.58. The van der Waals surface area contributed by atoms with Gasteiger partial charge < -0.3 is 20.3 Å². The molecule has 6 nitrogen and oxygen atoms in total. The Labute approximate surface area is 107 Å². The van der Waals surface area contributed by atoms with Crippen LogP contribution >= 0.6 is 0 Å². The van der Waals surface area contributed by atoms with Gasteiger partial charge in [0.1, 0.15) is 5.60 Å². The van der Waals surface area contributed by atoms with E-state index in [1.54, 1.807) is 4.90 Å². The summed E-state index contributed by atoms with van der Waals surface area (Å²) in [4.78, 5) is 24.8. The number of hydrogen-bond donors (Lipinski definition) is 2. The molecule has 2 aliphatic heterocycles. The summed E-state index contributed by atoms with van der Waals surface area (Å²) >= 11 is 0. The van der Waals surface area contributed by atoms with Crippen molar-refractivity contribution in [2.75, 3.05) is 19.6 Å². The lowest BCUT2D eigenvalue weighted by Gasteiger charge is -2.38. The lowest BCUT2D eigenvalue weighted by Crippen LogP contribution is -2.54. The smallest absolute Gasteiger partial charge is 0.410 e. The Balaban J connectivity index is 1.87. The zero-order chi connectivity index (χ0) is 13.4. The first kappa shape index (κ1) is 13.0. The van der Waals surface area contributed by atoms with Crippen LogP contribution in [-0.4, -0.2) is 47.8 Å². The summed E-state index contributed by atoms with van der Waals surface area (Å²) < 4.78 is 5.33. The lowest BCUT2D eigenvalue weighted by molar-refractivity contribution is 0.0166. The molecule has 0 aromatic rings. The van der Waals surface area contributed by atoms with Crippen LogP contribution in [0.2, 0.25) is 0 Å². The van der Waals surface area contributed by atoms with Gasteiger partial charge in [0.05, 0.1) is 5.54 Å². The van der Waals surface area contributed by atoms with Gasteiger partial charge >= 0.3 is 12.1 Å². The summed E-state index contributed by atoms with van der Waals surface area (Å²) in [7, 11) is 0. The molecule has 3 amide bonds. The molecule has 2 rings (SSSR count). The van der Waals surface area contributed by atoms with Crippen LogP contribution in [0, 0.1) is 0 Å². The molecule has 0 aromatic heterocycles. The summed E-state index contributed by atoms with van der Waals surface area (Å²) in [6, 6.07) is -0.110. The fourth-order valence-corrected chi connectivity index (χ4v) is 2.32. The SMILES string of the molecule is CC(C)(C)OC(=O)N1CCC2(CC1)CNC(=O)N2. The van der Waals surface area contributed by atoms with Gasteiger partial charge in [0.15, 0.2) is 0 Å². The van der Waals surface area contributed by atoms with Crippen LogP contribution in [0.25, 0.3) is 0 Å². The monoisotopic (exact) mass is 255 g/mol. The van der Waals surface area contributed by atoms with Crippen molar-refractivity contribution in [2.45, 2.75) is 44.8 Å². The number of nitrogens with zero attached hydrogens (tertiary/aromatic N) is 1. The molecule has 2 N–H and O–H groups in total. The van der Waals surface area contributed by atoms with E-state index in [4.69, 9.17) is 4.74 Å². The average molecular weight is 255 g/mol. The van der Waals surface area contributed by atoms with Gasteiger partial charge in [0.25, 0.3) is 0 Å². The van der Waals surface area contributed by atoms with E-state index in [-0.39, 0.29) is 17.7 Å². The molecule has 102 valence electrons. The number of nitrogens with one attached hydrogen (secondary N) is 2. The second-order valence-corrected chi connectivity index (χ2v) is 6.06. The van der Waals surface area contributed by atoms with E-state index in [9.17, 15) is 9.59 Å². The minimum atomic E-state index is -0.463. The second kappa shape index (κ2) is 4.33. The Bertz CT molecular complexity index is 354. The zero-order valence-electron chi connectivity index (χ0n) is 11.2. The highest BCUT2D eigenvalue weighted by molar-refractivity contribution is 5.77. The second-order valence-electron chi connectivity index (χ2n) is 6.06. The molecule has 6 heteroatoms. The number of urea groups is 1. The van der Waals surface area contributed by atoms with Crippen molar-refractivity contribution in [3.05, 3.63) is 0 Å². The van der Waals surface area contributed by atoms with Gasteiger partial charge in [0, 0.05) is 19.6 Å². The van der Waals surface area contributed by atoms with Crippen LogP contribution < -0.4 is 10.6 Å². The van der Waals surface area contributed by atoms with Gasteiger partial charge in [-0.15, -0.1) is 0 Å². The lowest BCUT2D eigenvalue weighted by atomic mass is 9.89. The number of likely N-dealkylation sites (tertiary alicyclic amines) is 1. The molecule has 0 unspecified atom stereocenters. The summed E-state index contributed by atoms with van der Waals surface area (Å²) in [6.45, 7) is 7.47. The number of rotatable bonds is 0. The number of carbonyl (C=O) groups excluding carboxylic acids is 2. The molecule has 18 heavy (non-hydrogen) atoms. The molecule has 0 bridgehead atoms. The van der Waals surface area contributed by atoms with Crippen molar-refractivity contribution < 1.29 is 14.3 Å². The summed E-state index contributed by atoms with van der Waals surface area (Å²) in [6.07, 6.45) is 1.27. The third kappa shape index (κ3) is 2.86. The van der Waals surface area contributed by atoms with Crippen LogP contribution in [0.4, 0.5) is 9.59 Å². The first-order valence-corrected chi connectivity index (χ1v) is 6.34. The fourth-order valence-electron chi connectivity index (χ4n) is 2.32. The predicted molar refractivity (Wildman–Crippen MR) is 66.3 cm³/mol. The molecule has 2 saturated heterocycles. The van der Waals surface area contributed by atoms with Crippen molar-refractivity contribution in [3.63, 3.8) is 0 Å². The molecule has 0 aromatic carbocycles. The number of ether oxygens (including phenoxy) is 1. The number of carbonyl (C=O) groups is 2. The number of amides is 3. The van der Waals surface area contributed by atoms with Crippen LogP contribution in [-0.2, 0) is 4.74 Å². The maximum Gasteiger partial charge on any atom is 0.410 e. The topological polar surface area (TPSA) is 70.7 Å². The normalized spacial score (nSPS) is 22.6. The molecule has 0 atom stereocenters. The Hall–Kier alpha value is -1.46. The molecular formula is C12H21N3O3. The van der Waals surface area contributed by atoms with Crippen molar-refractivity contribution in [1.29, 1.82) is 0 Å². The maximum atomic E-state index is 11.9. The number of hydrogen-bond acceptors (Lipinski definition) is 3. The third-order valence-corrected chi connectivity index (χ3v) is 3.34. The fraction of sp³-hybridized carbons (Fsp3) is 0.833. The van der Waals surface area contributed by atoms with Crippen molar-refractivity contribution in [3.8, 4) is 0 Å². The van der Waals surface area contributed by atoms with Crippen LogP contribution in [0.1, 0.15) is 33.6 Å². The van der Waals surface area contributed by atoms with Crippen molar-refractivity contribution in [1.82, 2.24) is 15.5 Å². The molecular weight excluding hydrogens is 234 g/mol. The van der Waals surface area contributed by atoms with E-state index in [0.717, 1.165) is 12.8 Å². The summed E-state index contributed by atoms with van der Waals surface area (Å²) in [5, 5.41) is 5.73. The maximum absolute atomic E-state index is 11.9. The Morgan fingerprint density at radius 3 is 2.39 bits per heavy atom.